The Morgan fingerprint density at radius 1 is 1.44 bits per heavy atom. The number of hydrogen-bond acceptors (Lipinski definition) is 4. The van der Waals surface area contributed by atoms with Crippen LogP contribution in [0.15, 0.2) is 5.16 Å². The van der Waals surface area contributed by atoms with Gasteiger partial charge in [0.1, 0.15) is 7.11 Å². The van der Waals surface area contributed by atoms with Gasteiger partial charge in [0.25, 0.3) is 0 Å². The van der Waals surface area contributed by atoms with E-state index in [1.165, 1.54) is 21.1 Å². The van der Waals surface area contributed by atoms with Crippen molar-refractivity contribution in [3.63, 3.8) is 0 Å². The van der Waals surface area contributed by atoms with E-state index in [1.54, 1.807) is 0 Å². The van der Waals surface area contributed by atoms with Gasteiger partial charge in [-0.1, -0.05) is 5.16 Å². The predicted molar refractivity (Wildman–Crippen MR) is 32.1 cm³/mol. The molecule has 0 aliphatic heterocycles. The number of rotatable bonds is 2. The molecule has 0 amide bonds. The third-order valence-electron chi connectivity index (χ3n) is 0.709. The largest absolute Gasteiger partial charge is 0.464 e. The maximum atomic E-state index is 10.5. The molecule has 0 aliphatic rings. The van der Waals surface area contributed by atoms with Crippen LogP contribution in [-0.2, 0) is 14.4 Å². The zero-order valence-corrected chi connectivity index (χ0v) is 5.67. The van der Waals surface area contributed by atoms with Gasteiger partial charge in [-0.05, 0) is 6.92 Å². The van der Waals surface area contributed by atoms with E-state index >= 15 is 0 Å². The van der Waals surface area contributed by atoms with Gasteiger partial charge in [0.05, 0.1) is 7.11 Å². The van der Waals surface area contributed by atoms with Gasteiger partial charge in [0.15, 0.2) is 5.71 Å². The molecular weight excluding hydrogens is 122 g/mol. The topological polar surface area (TPSA) is 47.9 Å². The van der Waals surface area contributed by atoms with Crippen LogP contribution in [0.5, 0.6) is 0 Å². The van der Waals surface area contributed by atoms with Gasteiger partial charge >= 0.3 is 5.97 Å². The number of carbonyl (C=O) groups is 1. The molecule has 0 aromatic rings. The fourth-order valence-corrected chi connectivity index (χ4v) is 0.322. The summed E-state index contributed by atoms with van der Waals surface area (Å²) in [5.74, 6) is -0.475. The van der Waals surface area contributed by atoms with E-state index in [9.17, 15) is 4.79 Å². The molecule has 0 N–H and O–H groups in total. The number of esters is 1. The van der Waals surface area contributed by atoms with Crippen LogP contribution in [-0.4, -0.2) is 25.9 Å². The number of ether oxygens (including phenoxy) is 1. The molecular formula is C5H9NO3. The zero-order chi connectivity index (χ0) is 7.28. The molecule has 9 heavy (non-hydrogen) atoms. The average molecular weight is 131 g/mol. The lowest BCUT2D eigenvalue weighted by atomic mass is 10.4. The van der Waals surface area contributed by atoms with Crippen LogP contribution < -0.4 is 0 Å². The highest BCUT2D eigenvalue weighted by Crippen LogP contribution is 1.81. The van der Waals surface area contributed by atoms with Gasteiger partial charge in [-0.3, -0.25) is 0 Å². The van der Waals surface area contributed by atoms with E-state index in [4.69, 9.17) is 0 Å². The first kappa shape index (κ1) is 7.94. The molecule has 0 aromatic carbocycles. The molecule has 0 heterocycles. The summed E-state index contributed by atoms with van der Waals surface area (Å²) in [4.78, 5) is 14.8. The van der Waals surface area contributed by atoms with Gasteiger partial charge < -0.3 is 9.57 Å². The quantitative estimate of drug-likeness (QED) is 0.305. The van der Waals surface area contributed by atoms with Crippen molar-refractivity contribution < 1.29 is 14.4 Å². The van der Waals surface area contributed by atoms with Gasteiger partial charge in [0, 0.05) is 0 Å². The number of hydrogen-bond donors (Lipinski definition) is 0. The Morgan fingerprint density at radius 2 is 2.00 bits per heavy atom. The Balaban J connectivity index is 3.86. The fourth-order valence-electron chi connectivity index (χ4n) is 0.322. The molecule has 4 nitrogen and oxygen atoms in total. The Bertz CT molecular complexity index is 130. The van der Waals surface area contributed by atoms with E-state index in [2.05, 4.69) is 14.7 Å². The first-order valence-corrected chi connectivity index (χ1v) is 2.38. The summed E-state index contributed by atoms with van der Waals surface area (Å²) in [5.41, 5.74) is 0.208. The summed E-state index contributed by atoms with van der Waals surface area (Å²) in [7, 11) is 2.66. The molecule has 0 radical (unpaired) electrons. The molecule has 0 unspecified atom stereocenters. The standard InChI is InChI=1S/C5H9NO3/c1-4(6-9-3)5(7)8-2/h1-3H3/b6-4+. The van der Waals surface area contributed by atoms with E-state index in [0.29, 0.717) is 0 Å². The van der Waals surface area contributed by atoms with Crippen molar-refractivity contribution >= 4 is 11.7 Å². The van der Waals surface area contributed by atoms with Gasteiger partial charge in [0.2, 0.25) is 0 Å². The second kappa shape index (κ2) is 3.88. The van der Waals surface area contributed by atoms with Crippen LogP contribution in [0.4, 0.5) is 0 Å². The maximum absolute atomic E-state index is 10.5. The smallest absolute Gasteiger partial charge is 0.355 e. The molecule has 0 fully saturated rings. The molecule has 0 saturated carbocycles. The Hall–Kier alpha value is -1.06. The number of oxime groups is 1. The third-order valence-corrected chi connectivity index (χ3v) is 0.709. The first-order valence-electron chi connectivity index (χ1n) is 2.38. The fraction of sp³-hybridized carbons (Fsp3) is 0.600. The Labute approximate surface area is 53.4 Å². The molecule has 0 spiro atoms. The lowest BCUT2D eigenvalue weighted by Crippen LogP contribution is -2.11. The van der Waals surface area contributed by atoms with Crippen molar-refractivity contribution in [1.82, 2.24) is 0 Å². The van der Waals surface area contributed by atoms with Crippen molar-refractivity contribution in [3.05, 3.63) is 0 Å². The molecule has 0 bridgehead atoms. The highest BCUT2D eigenvalue weighted by molar-refractivity contribution is 6.35. The van der Waals surface area contributed by atoms with Crippen molar-refractivity contribution in [2.24, 2.45) is 5.16 Å². The minimum atomic E-state index is -0.475. The van der Waals surface area contributed by atoms with Crippen LogP contribution in [0.2, 0.25) is 0 Å². The molecule has 0 aliphatic carbocycles. The molecule has 0 saturated heterocycles. The number of methoxy groups -OCH3 is 1. The third kappa shape index (κ3) is 2.69. The summed E-state index contributed by atoms with van der Waals surface area (Å²) in [6.45, 7) is 1.51. The van der Waals surface area contributed by atoms with Gasteiger partial charge in [-0.15, -0.1) is 0 Å². The van der Waals surface area contributed by atoms with E-state index in [-0.39, 0.29) is 5.71 Å². The van der Waals surface area contributed by atoms with Crippen LogP contribution in [0, 0.1) is 0 Å². The van der Waals surface area contributed by atoms with E-state index in [0.717, 1.165) is 0 Å². The lowest BCUT2D eigenvalue weighted by Gasteiger charge is -1.94. The summed E-state index contributed by atoms with van der Waals surface area (Å²) in [6, 6.07) is 0. The second-order valence-electron chi connectivity index (χ2n) is 1.35. The zero-order valence-electron chi connectivity index (χ0n) is 5.67. The Kier molecular flexibility index (Phi) is 3.43. The maximum Gasteiger partial charge on any atom is 0.355 e. The van der Waals surface area contributed by atoms with Crippen LogP contribution in [0.1, 0.15) is 6.92 Å². The molecule has 52 valence electrons. The van der Waals surface area contributed by atoms with Crippen molar-refractivity contribution in [2.75, 3.05) is 14.2 Å². The summed E-state index contributed by atoms with van der Waals surface area (Å²) in [5, 5.41) is 3.34. The van der Waals surface area contributed by atoms with Crippen molar-refractivity contribution in [2.45, 2.75) is 6.92 Å². The average Bonchev–Trinajstić information content (AvgIpc) is 1.87. The van der Waals surface area contributed by atoms with Crippen LogP contribution in [0.3, 0.4) is 0 Å². The van der Waals surface area contributed by atoms with Gasteiger partial charge in [-0.2, -0.15) is 0 Å². The van der Waals surface area contributed by atoms with Crippen molar-refractivity contribution in [3.8, 4) is 0 Å². The minimum Gasteiger partial charge on any atom is -0.464 e. The molecule has 0 rings (SSSR count). The second-order valence-corrected chi connectivity index (χ2v) is 1.35. The van der Waals surface area contributed by atoms with Gasteiger partial charge in [-0.25, -0.2) is 4.79 Å². The summed E-state index contributed by atoms with van der Waals surface area (Å²) >= 11 is 0. The van der Waals surface area contributed by atoms with Crippen LogP contribution in [0.25, 0.3) is 0 Å². The molecule has 0 aromatic heterocycles. The molecule has 4 heteroatoms. The van der Waals surface area contributed by atoms with E-state index in [1.807, 2.05) is 0 Å². The minimum absolute atomic E-state index is 0.208. The van der Waals surface area contributed by atoms with Crippen molar-refractivity contribution in [1.29, 1.82) is 0 Å². The SMILES string of the molecule is CO/N=C(\C)C(=O)OC. The highest BCUT2D eigenvalue weighted by atomic mass is 16.6. The van der Waals surface area contributed by atoms with Crippen LogP contribution >= 0.6 is 0 Å². The monoisotopic (exact) mass is 131 g/mol. The number of carbonyl (C=O) groups excluding carboxylic acids is 1. The summed E-state index contributed by atoms with van der Waals surface area (Å²) in [6.07, 6.45) is 0. The molecule has 0 atom stereocenters. The van der Waals surface area contributed by atoms with E-state index < -0.39 is 5.97 Å². The Morgan fingerprint density at radius 3 is 2.33 bits per heavy atom. The first-order chi connectivity index (χ1) is 4.22. The normalized spacial score (nSPS) is 10.8. The predicted octanol–water partition coefficient (Wildman–Crippen LogP) is 0.182. The lowest BCUT2D eigenvalue weighted by molar-refractivity contribution is -0.132. The number of nitrogens with zero attached hydrogens (tertiary/aromatic N) is 1. The highest BCUT2D eigenvalue weighted by Gasteiger charge is 2.03. The summed E-state index contributed by atoms with van der Waals surface area (Å²) < 4.78 is 4.31.